The molecule has 60 heavy (non-hydrogen) atoms. The van der Waals surface area contributed by atoms with Gasteiger partial charge in [-0.25, -0.2) is 9.97 Å². The maximum Gasteiger partial charge on any atom is 0.144 e. The second kappa shape index (κ2) is 14.8. The number of rotatable bonds is 5. The molecule has 0 spiro atoms. The van der Waals surface area contributed by atoms with Gasteiger partial charge in [-0.2, -0.15) is 0 Å². The summed E-state index contributed by atoms with van der Waals surface area (Å²) in [4.78, 5) is 16.2. The fourth-order valence-corrected chi connectivity index (χ4v) is 8.43. The minimum atomic E-state index is -0.145. The van der Waals surface area contributed by atoms with Crippen LogP contribution in [-0.2, 0) is 31.9 Å². The number of pyridine rings is 1. The summed E-state index contributed by atoms with van der Waals surface area (Å²) in [6, 6.07) is 55.0. The van der Waals surface area contributed by atoms with E-state index < -0.39 is 0 Å². The van der Waals surface area contributed by atoms with E-state index in [4.69, 9.17) is 15.0 Å². The van der Waals surface area contributed by atoms with Crippen LogP contribution in [0.25, 0.3) is 94.3 Å². The number of hydrogen-bond donors (Lipinski definition) is 1. The van der Waals surface area contributed by atoms with Crippen LogP contribution in [0.4, 0.5) is 0 Å². The van der Waals surface area contributed by atoms with Crippen LogP contribution in [0.2, 0.25) is 0 Å². The first-order valence-corrected chi connectivity index (χ1v) is 20.3. The summed E-state index contributed by atoms with van der Waals surface area (Å²) in [5.74, 6) is 0.947. The van der Waals surface area contributed by atoms with E-state index in [0.29, 0.717) is 5.52 Å². The molecule has 0 atom stereocenters. The Morgan fingerprint density at radius 1 is 0.500 bits per heavy atom. The first-order chi connectivity index (χ1) is 28.4. The van der Waals surface area contributed by atoms with E-state index in [-0.39, 0.29) is 37.6 Å². The van der Waals surface area contributed by atoms with Crippen molar-refractivity contribution in [1.29, 1.82) is 0 Å². The molecule has 5 nitrogen and oxygen atoms in total. The zero-order valence-corrected chi connectivity index (χ0v) is 36.8. The fraction of sp³-hybridized carbons (Fsp3) is 0.148. The first kappa shape index (κ1) is 39.2. The average Bonchev–Trinajstić information content (AvgIpc) is 3.82. The summed E-state index contributed by atoms with van der Waals surface area (Å²) in [5.41, 5.74) is 14.4. The van der Waals surface area contributed by atoms with Crippen LogP contribution in [0, 0.1) is 0 Å². The molecule has 3 heterocycles. The van der Waals surface area contributed by atoms with Gasteiger partial charge in [-0.05, 0) is 91.4 Å². The molecule has 10 aromatic rings. The van der Waals surface area contributed by atoms with E-state index in [1.54, 1.807) is 6.07 Å². The summed E-state index contributed by atoms with van der Waals surface area (Å²) in [6.07, 6.45) is 0. The summed E-state index contributed by atoms with van der Waals surface area (Å²) >= 11 is 0. The summed E-state index contributed by atoms with van der Waals surface area (Å²) in [5, 5.41) is 14.4. The summed E-state index contributed by atoms with van der Waals surface area (Å²) in [7, 11) is 0. The number of aromatic hydroxyl groups is 1. The van der Waals surface area contributed by atoms with Gasteiger partial charge in [0, 0.05) is 43.3 Å². The number of hydrogen-bond acceptors (Lipinski definition) is 3. The molecule has 7 aromatic carbocycles. The van der Waals surface area contributed by atoms with Gasteiger partial charge >= 0.3 is 0 Å². The van der Waals surface area contributed by atoms with Crippen molar-refractivity contribution in [2.24, 2.45) is 0 Å². The predicted octanol–water partition coefficient (Wildman–Crippen LogP) is 13.8. The van der Waals surface area contributed by atoms with Crippen LogP contribution >= 0.6 is 0 Å². The predicted molar refractivity (Wildman–Crippen MR) is 246 cm³/mol. The Labute approximate surface area is 365 Å². The van der Waals surface area contributed by atoms with Crippen molar-refractivity contribution in [1.82, 2.24) is 19.5 Å². The summed E-state index contributed by atoms with van der Waals surface area (Å²) < 4.78 is 2.29. The minimum Gasteiger partial charge on any atom is -0.656 e. The van der Waals surface area contributed by atoms with Crippen LogP contribution in [-0.4, -0.2) is 19.6 Å². The van der Waals surface area contributed by atoms with E-state index in [0.717, 1.165) is 88.8 Å². The summed E-state index contributed by atoms with van der Waals surface area (Å²) in [6.45, 7) is 13.6. The molecule has 298 valence electrons. The Hall–Kier alpha value is -6.29. The second-order valence-electron chi connectivity index (χ2n) is 17.7. The third-order valence-corrected chi connectivity index (χ3v) is 11.7. The number of phenols is 1. The number of aromatic nitrogens is 4. The molecule has 3 aromatic heterocycles. The number of imidazole rings is 1. The molecule has 0 aliphatic rings. The Morgan fingerprint density at radius 2 is 1.17 bits per heavy atom. The molecule has 6 heteroatoms. The average molecular weight is 961 g/mol. The smallest absolute Gasteiger partial charge is 0.144 e. The largest absolute Gasteiger partial charge is 0.656 e. The van der Waals surface area contributed by atoms with Crippen LogP contribution in [0.3, 0.4) is 0 Å². The fourth-order valence-electron chi connectivity index (χ4n) is 8.43. The monoisotopic (exact) mass is 960 g/mol. The van der Waals surface area contributed by atoms with Gasteiger partial charge in [0.25, 0.3) is 0 Å². The number of benzene rings is 7. The Balaban J connectivity index is 0.00000462. The van der Waals surface area contributed by atoms with Gasteiger partial charge in [0.2, 0.25) is 0 Å². The van der Waals surface area contributed by atoms with Gasteiger partial charge in [-0.15, -0.1) is 11.0 Å². The molecular formula is C54H45N4OPt-. The van der Waals surface area contributed by atoms with Crippen molar-refractivity contribution in [3.05, 3.63) is 169 Å². The Bertz CT molecular complexity index is 3240. The minimum absolute atomic E-state index is 0. The molecule has 1 N–H and O–H groups in total. The number of nitrogens with zero attached hydrogens (tertiary/aromatic N) is 4. The zero-order valence-electron chi connectivity index (χ0n) is 34.6. The van der Waals surface area contributed by atoms with Crippen LogP contribution in [0.1, 0.15) is 52.7 Å². The van der Waals surface area contributed by atoms with E-state index in [9.17, 15) is 5.11 Å². The number of phenolic OH excluding ortho intramolecular Hbond substituents is 1. The molecule has 0 unspecified atom stereocenters. The zero-order chi connectivity index (χ0) is 40.6. The van der Waals surface area contributed by atoms with Crippen LogP contribution in [0.15, 0.2) is 158 Å². The van der Waals surface area contributed by atoms with E-state index in [2.05, 4.69) is 167 Å². The van der Waals surface area contributed by atoms with Crippen LogP contribution in [0.5, 0.6) is 5.75 Å². The van der Waals surface area contributed by atoms with Crippen molar-refractivity contribution in [2.45, 2.75) is 52.4 Å². The van der Waals surface area contributed by atoms with Gasteiger partial charge in [0.05, 0.1) is 16.7 Å². The first-order valence-electron chi connectivity index (χ1n) is 20.3. The van der Waals surface area contributed by atoms with E-state index >= 15 is 0 Å². The molecule has 0 amide bonds. The number of para-hydroxylation sites is 2. The van der Waals surface area contributed by atoms with Crippen molar-refractivity contribution in [3.8, 4) is 56.3 Å². The van der Waals surface area contributed by atoms with E-state index in [1.165, 1.54) is 11.1 Å². The van der Waals surface area contributed by atoms with Gasteiger partial charge in [0.1, 0.15) is 17.1 Å². The third-order valence-electron chi connectivity index (χ3n) is 11.7. The molecule has 0 radical (unpaired) electrons. The van der Waals surface area contributed by atoms with E-state index in [1.807, 2.05) is 30.3 Å². The molecule has 0 fully saturated rings. The quantitative estimate of drug-likeness (QED) is 0.187. The van der Waals surface area contributed by atoms with Crippen molar-refractivity contribution < 1.29 is 26.2 Å². The molecule has 0 saturated carbocycles. The Kier molecular flexibility index (Phi) is 9.64. The maximum atomic E-state index is 11.2. The van der Waals surface area contributed by atoms with Crippen molar-refractivity contribution in [2.75, 3.05) is 0 Å². The van der Waals surface area contributed by atoms with Gasteiger partial charge in [-0.1, -0.05) is 163 Å². The second-order valence-corrected chi connectivity index (χ2v) is 17.7. The third kappa shape index (κ3) is 6.72. The van der Waals surface area contributed by atoms with Gasteiger partial charge < -0.3 is 10.1 Å². The molecule has 0 bridgehead atoms. The number of fused-ring (bicyclic) bond motifs is 5. The standard InChI is InChI=1S/C54H45N4O.Pt/c1-53(2,3)36-26-27-45-42(29-36)43-30-37(54(4,5)6)31-44(49(43)55-45)52-57-50-40(46-32-41(34-18-11-8-12-19-34)39-22-15-25-48(59)51(39)56-46)23-14-24-47(50)58(52)38-21-13-20-35(28-38)33-16-9-7-10-17-33;/h7-32H,1-6H3,(H-,55,56,57,59);/q-1;. The molecule has 0 aliphatic heterocycles. The van der Waals surface area contributed by atoms with Crippen molar-refractivity contribution in [3.63, 3.8) is 0 Å². The molecule has 10 rings (SSSR count). The van der Waals surface area contributed by atoms with Gasteiger partial charge in [0.15, 0.2) is 0 Å². The van der Waals surface area contributed by atoms with Gasteiger partial charge in [-0.3, -0.25) is 4.57 Å². The normalized spacial score (nSPS) is 12.1. The molecule has 0 saturated heterocycles. The SMILES string of the molecule is CC(C)(C)c1ccc2[n-]c3c(-c4nc5c(-c6cc(-c7ccccc7)c7cccc(O)c7n6)cccc5n4-c4cccc(-c5ccccc5)c4)cc(C(C)(C)C)cc3c2c1.[Pt]. The molecular weight excluding hydrogens is 916 g/mol. The Morgan fingerprint density at radius 3 is 1.90 bits per heavy atom. The molecule has 0 aliphatic carbocycles. The van der Waals surface area contributed by atoms with Crippen molar-refractivity contribution >= 4 is 43.7 Å². The topological polar surface area (TPSA) is 65.0 Å². The maximum absolute atomic E-state index is 11.2. The van der Waals surface area contributed by atoms with Crippen LogP contribution < -0.4 is 4.98 Å².